The average molecular weight is 2000 g/mol. The molecular weight excluding hydrogens is 1860 g/mol. The average Bonchev–Trinajstić information content (AvgIpc) is 0.745. The lowest BCUT2D eigenvalue weighted by atomic mass is 10.0. The monoisotopic (exact) mass is 1990 g/mol. The first-order valence-electron chi connectivity index (χ1n) is 47.1. The molecule has 142 heavy (non-hydrogen) atoms. The van der Waals surface area contributed by atoms with Crippen LogP contribution in [0, 0.1) is 0 Å². The number of nitrogens with one attached hydrogen (secondary N) is 2. The minimum Gasteiger partial charge on any atom is -0.487 e. The molecule has 1 aliphatic rings. The minimum atomic E-state index is 0.0940. The molecule has 0 fully saturated rings. The van der Waals surface area contributed by atoms with Gasteiger partial charge in [0.15, 0.2) is 69.3 Å². The summed E-state index contributed by atoms with van der Waals surface area (Å²) in [6.45, 7) is 16.0. The van der Waals surface area contributed by atoms with Crippen LogP contribution in [0.25, 0.3) is 90.2 Å². The number of rotatable bonds is 84. The summed E-state index contributed by atoms with van der Waals surface area (Å²) in [6.07, 6.45) is 0. The SMILES string of the molecule is COCCOCCOCCOc1ccc(-c2nc3nc4nc5c(nc4nc3nc2-c2ccc(OCCOCCOCCOC)c(OCCOCCOCCOC)c2)Nc2nc3nc4nc(-c6ccc(OCCOCCOCCOC)c(OCCOCCOCCOC)c6)c(-c6ccc(OCCOCCOCCOC)c(OCCOCCOCCOC)c6)nc4nc3nc2N5)cc1OCCOCCOCCOC. The lowest BCUT2D eigenvalue weighted by molar-refractivity contribution is 0.0160. The molecule has 0 spiro atoms. The Morgan fingerprint density at radius 3 is 0.437 bits per heavy atom. The highest BCUT2D eigenvalue weighted by Gasteiger charge is 2.28. The topological polar surface area (TPSA) is 474 Å². The van der Waals surface area contributed by atoms with Gasteiger partial charge in [0.1, 0.15) is 52.9 Å². The molecule has 0 saturated carbocycles. The van der Waals surface area contributed by atoms with E-state index in [2.05, 4.69) is 10.6 Å². The quantitative estimate of drug-likeness (QED) is 0.0269. The molecule has 46 heteroatoms. The van der Waals surface area contributed by atoms with Crippen LogP contribution in [0.1, 0.15) is 0 Å². The van der Waals surface area contributed by atoms with Crippen LogP contribution in [0.3, 0.4) is 0 Å². The molecule has 0 bridgehead atoms. The van der Waals surface area contributed by atoms with E-state index in [-0.39, 0.29) is 174 Å². The molecule has 11 rings (SSSR count). The van der Waals surface area contributed by atoms with Gasteiger partial charge in [-0.3, -0.25) is 0 Å². The first-order valence-corrected chi connectivity index (χ1v) is 47.1. The highest BCUT2D eigenvalue weighted by atomic mass is 16.6. The van der Waals surface area contributed by atoms with Gasteiger partial charge < -0.3 is 162 Å². The van der Waals surface area contributed by atoms with Gasteiger partial charge >= 0.3 is 0 Å². The van der Waals surface area contributed by atoms with Crippen molar-refractivity contribution in [2.24, 2.45) is 0 Å². The van der Waals surface area contributed by atoms with Crippen LogP contribution in [0.5, 0.6) is 46.0 Å². The zero-order chi connectivity index (χ0) is 99.1. The van der Waals surface area contributed by atoms with Crippen molar-refractivity contribution < 1.29 is 152 Å². The van der Waals surface area contributed by atoms with Crippen LogP contribution < -0.4 is 48.5 Å². The molecule has 0 amide bonds. The summed E-state index contributed by atoms with van der Waals surface area (Å²) in [5.74, 6) is 3.99. The molecule has 7 heterocycles. The van der Waals surface area contributed by atoms with Gasteiger partial charge in [-0.05, 0) is 72.8 Å². The molecule has 4 aromatic carbocycles. The van der Waals surface area contributed by atoms with Crippen molar-refractivity contribution >= 4 is 68.4 Å². The first kappa shape index (κ1) is 112. The van der Waals surface area contributed by atoms with Crippen molar-refractivity contribution in [2.75, 3.05) is 385 Å². The van der Waals surface area contributed by atoms with E-state index in [1.807, 2.05) is 48.5 Å². The lowest BCUT2D eigenvalue weighted by Gasteiger charge is -2.20. The zero-order valence-corrected chi connectivity index (χ0v) is 82.3. The molecule has 1 aliphatic heterocycles. The number of hydrogen-bond donors (Lipinski definition) is 2. The Morgan fingerprint density at radius 1 is 0.148 bits per heavy atom. The predicted octanol–water partition coefficient (Wildman–Crippen LogP) is 7.98. The maximum atomic E-state index is 6.52. The largest absolute Gasteiger partial charge is 0.487 e. The molecule has 0 aliphatic carbocycles. The van der Waals surface area contributed by atoms with Crippen molar-refractivity contribution in [2.45, 2.75) is 0 Å². The van der Waals surface area contributed by atoms with Crippen LogP contribution in [0.4, 0.5) is 23.3 Å². The van der Waals surface area contributed by atoms with Gasteiger partial charge in [-0.15, -0.1) is 0 Å². The van der Waals surface area contributed by atoms with Gasteiger partial charge in [0, 0.05) is 79.1 Å². The van der Waals surface area contributed by atoms with Gasteiger partial charge in [0.2, 0.25) is 45.2 Å². The molecule has 46 nitrogen and oxygen atoms in total. The second-order valence-corrected chi connectivity index (χ2v) is 30.1. The standard InChI is InChI=1S/C96H134N14O32/c1-111-17-25-119-33-41-127-49-57-135-73-13-9-69(65-77(73)139-61-53-131-45-37-123-29-21-115-5)81-82(70-10-14-74(136-58-50-128-42-34-120-26-18-112-2)78(66-70)140-62-54-132-46-38-124-30-22-116-6)98-86-85(97-81)101-89-90(102-86)106-94-93(105-89)109-95-96(110-94)108-92-91(107-95)103-87-88(104-92)100-84(72-12-16-76(138-60-52-130-44-36-122-28-20-114-4)80(68-72)142-64-56-134-48-40-126-32-24-118-8)83(99-87)71-11-15-75(137-59-51-129-43-35-121-27-19-113-3)79(67-71)141-63-55-133-47-39-125-31-23-117-7/h9-16,65-68H,17-64H2,1-8H3,(H,97,99,101,103,105,107,109)(H,98,100,102,104,106,108,110). The Labute approximate surface area is 824 Å². The number of aromatic nitrogens is 12. The van der Waals surface area contributed by atoms with Crippen molar-refractivity contribution in [1.82, 2.24) is 59.8 Å². The summed E-state index contributed by atoms with van der Waals surface area (Å²) in [5.41, 5.74) is 4.40. The molecule has 780 valence electrons. The van der Waals surface area contributed by atoms with E-state index >= 15 is 0 Å². The van der Waals surface area contributed by atoms with Gasteiger partial charge in [-0.25, -0.2) is 59.8 Å². The maximum Gasteiger partial charge on any atom is 0.202 e. The summed E-state index contributed by atoms with van der Waals surface area (Å²) in [5, 5.41) is 6.63. The molecule has 0 saturated heterocycles. The fourth-order valence-electron chi connectivity index (χ4n) is 13.0. The Hall–Kier alpha value is -10.6. The predicted molar refractivity (Wildman–Crippen MR) is 517 cm³/mol. The van der Waals surface area contributed by atoms with E-state index < -0.39 is 0 Å². The molecule has 0 unspecified atom stereocenters. The second kappa shape index (κ2) is 67.9. The lowest BCUT2D eigenvalue weighted by Crippen LogP contribution is -2.15. The number of methoxy groups -OCH3 is 8. The van der Waals surface area contributed by atoms with E-state index in [1.54, 1.807) is 81.1 Å². The summed E-state index contributed by atoms with van der Waals surface area (Å²) < 4.78 is 185. The third kappa shape index (κ3) is 39.2. The van der Waals surface area contributed by atoms with E-state index in [0.717, 1.165) is 0 Å². The number of hydrogen-bond acceptors (Lipinski definition) is 46. The van der Waals surface area contributed by atoms with Gasteiger partial charge in [-0.1, -0.05) is 0 Å². The summed E-state index contributed by atoms with van der Waals surface area (Å²) in [6, 6.07) is 21.8. The van der Waals surface area contributed by atoms with Crippen molar-refractivity contribution in [1.29, 1.82) is 0 Å². The smallest absolute Gasteiger partial charge is 0.202 e. The van der Waals surface area contributed by atoms with E-state index in [9.17, 15) is 0 Å². The normalized spacial score (nSPS) is 11.8. The Kier molecular flexibility index (Phi) is 53.4. The van der Waals surface area contributed by atoms with Crippen molar-refractivity contribution in [3.8, 4) is 91.0 Å². The molecule has 0 atom stereocenters. The highest BCUT2D eigenvalue weighted by Crippen LogP contribution is 2.43. The second-order valence-electron chi connectivity index (χ2n) is 30.1. The third-order valence-electron chi connectivity index (χ3n) is 19.9. The summed E-state index contributed by atoms with van der Waals surface area (Å²) in [7, 11) is 12.9. The third-order valence-corrected chi connectivity index (χ3v) is 19.9. The number of nitrogens with zero attached hydrogens (tertiary/aromatic N) is 12. The van der Waals surface area contributed by atoms with E-state index in [4.69, 9.17) is 211 Å². The van der Waals surface area contributed by atoms with Crippen LogP contribution in [-0.2, 0) is 114 Å². The molecule has 2 N–H and O–H groups in total. The molecule has 6 aromatic heterocycles. The Morgan fingerprint density at radius 2 is 0.282 bits per heavy atom. The minimum absolute atomic E-state index is 0.0940. The zero-order valence-electron chi connectivity index (χ0n) is 82.3. The molecule has 0 radical (unpaired) electrons. The Bertz CT molecular complexity index is 4610. The molecular formula is C96H134N14O32. The number of ether oxygens (including phenoxy) is 32. The van der Waals surface area contributed by atoms with Crippen LogP contribution in [-0.4, -0.2) is 434 Å². The van der Waals surface area contributed by atoms with Crippen molar-refractivity contribution in [3.05, 3.63) is 72.8 Å². The van der Waals surface area contributed by atoms with Crippen LogP contribution >= 0.6 is 0 Å². The van der Waals surface area contributed by atoms with Gasteiger partial charge in [0.25, 0.3) is 0 Å². The summed E-state index contributed by atoms with van der Waals surface area (Å²) >= 11 is 0. The van der Waals surface area contributed by atoms with Crippen LogP contribution in [0.15, 0.2) is 72.8 Å². The molecule has 10 aromatic rings. The number of fused-ring (bicyclic) bond motifs is 6. The van der Waals surface area contributed by atoms with Gasteiger partial charge in [-0.2, -0.15) is 0 Å². The maximum absolute atomic E-state index is 6.52. The highest BCUT2D eigenvalue weighted by molar-refractivity contribution is 5.93. The summed E-state index contributed by atoms with van der Waals surface area (Å²) in [4.78, 5) is 61.3. The first-order chi connectivity index (χ1) is 70.2. The number of anilines is 4. The van der Waals surface area contributed by atoms with Crippen LogP contribution in [0.2, 0.25) is 0 Å². The fourth-order valence-corrected chi connectivity index (χ4v) is 13.0. The number of benzene rings is 4. The Balaban J connectivity index is 0.961. The van der Waals surface area contributed by atoms with E-state index in [0.29, 0.717) is 302 Å². The van der Waals surface area contributed by atoms with E-state index in [1.165, 1.54) is 0 Å². The van der Waals surface area contributed by atoms with Crippen molar-refractivity contribution in [3.63, 3.8) is 0 Å². The fraction of sp³-hybridized carbons (Fsp3) is 0.583. The van der Waals surface area contributed by atoms with Gasteiger partial charge in [0.05, 0.1) is 287 Å².